The highest BCUT2D eigenvalue weighted by Crippen LogP contribution is 2.29. The van der Waals surface area contributed by atoms with E-state index in [1.54, 1.807) is 6.20 Å². The van der Waals surface area contributed by atoms with Crippen LogP contribution in [0.5, 0.6) is 0 Å². The highest BCUT2D eigenvalue weighted by molar-refractivity contribution is 9.10. The van der Waals surface area contributed by atoms with E-state index >= 15 is 0 Å². The molecule has 2 N–H and O–H groups in total. The second-order valence-corrected chi connectivity index (χ2v) is 5.77. The van der Waals surface area contributed by atoms with Crippen molar-refractivity contribution >= 4 is 15.9 Å². The first-order valence-corrected chi connectivity index (χ1v) is 7.00. The van der Waals surface area contributed by atoms with Gasteiger partial charge in [-0.3, -0.25) is 4.98 Å². The minimum Gasteiger partial charge on any atom is -0.339 e. The van der Waals surface area contributed by atoms with Crippen LogP contribution >= 0.6 is 15.9 Å². The highest BCUT2D eigenvalue weighted by Gasteiger charge is 2.26. The van der Waals surface area contributed by atoms with Crippen LogP contribution in [-0.2, 0) is 0 Å². The van der Waals surface area contributed by atoms with Crippen LogP contribution < -0.4 is 5.73 Å². The van der Waals surface area contributed by atoms with Crippen molar-refractivity contribution in [1.82, 2.24) is 15.1 Å². The normalized spacial score (nSPS) is 14.6. The van der Waals surface area contributed by atoms with Crippen LogP contribution in [-0.4, -0.2) is 21.2 Å². The van der Waals surface area contributed by atoms with Gasteiger partial charge in [0, 0.05) is 16.7 Å². The third kappa shape index (κ3) is 3.01. The number of aromatic nitrogens is 3. The van der Waals surface area contributed by atoms with Crippen LogP contribution in [0.3, 0.4) is 0 Å². The molecule has 0 aromatic carbocycles. The molecule has 0 radical (unpaired) electrons. The summed E-state index contributed by atoms with van der Waals surface area (Å²) in [6, 6.07) is 3.69. The van der Waals surface area contributed by atoms with Gasteiger partial charge in [-0.05, 0) is 40.9 Å². The van der Waals surface area contributed by atoms with E-state index in [0.717, 1.165) is 4.47 Å². The topological polar surface area (TPSA) is 77.8 Å². The minimum absolute atomic E-state index is 0.0412. The summed E-state index contributed by atoms with van der Waals surface area (Å²) in [5.74, 6) is 1.43. The van der Waals surface area contributed by atoms with Crippen LogP contribution in [0.1, 0.15) is 32.6 Å². The summed E-state index contributed by atoms with van der Waals surface area (Å²) in [5, 5.41) is 4.00. The summed E-state index contributed by atoms with van der Waals surface area (Å²) in [6.45, 7) is 6.13. The zero-order valence-electron chi connectivity index (χ0n) is 11.2. The lowest BCUT2D eigenvalue weighted by Gasteiger charge is -2.20. The van der Waals surface area contributed by atoms with Gasteiger partial charge in [-0.2, -0.15) is 4.98 Å². The number of pyridine rings is 1. The molecule has 19 heavy (non-hydrogen) atoms. The summed E-state index contributed by atoms with van der Waals surface area (Å²) in [7, 11) is 0. The molecular weight excluding hydrogens is 308 g/mol. The Bertz CT molecular complexity index is 545. The maximum Gasteiger partial charge on any atom is 0.231 e. The fourth-order valence-corrected chi connectivity index (χ4v) is 2.57. The number of nitrogens with zero attached hydrogens (tertiary/aromatic N) is 3. The van der Waals surface area contributed by atoms with Crippen molar-refractivity contribution < 1.29 is 4.52 Å². The van der Waals surface area contributed by atoms with Gasteiger partial charge in [-0.15, -0.1) is 0 Å². The third-order valence-corrected chi connectivity index (χ3v) is 3.62. The standard InChI is InChI=1S/C13H17BrN4O/c1-7(2)10(8(3)15)13-17-12(18-19-13)11-9(14)5-4-6-16-11/h4-8,10H,15H2,1-3H3. The zero-order chi connectivity index (χ0) is 14.0. The molecule has 5 nitrogen and oxygen atoms in total. The molecule has 102 valence electrons. The largest absolute Gasteiger partial charge is 0.339 e. The molecule has 0 saturated heterocycles. The average molecular weight is 325 g/mol. The molecular formula is C13H17BrN4O. The maximum atomic E-state index is 5.99. The van der Waals surface area contributed by atoms with Gasteiger partial charge < -0.3 is 10.3 Å². The SMILES string of the molecule is CC(C)C(c1nc(-c2ncccc2Br)no1)C(C)N. The predicted molar refractivity (Wildman–Crippen MR) is 76.5 cm³/mol. The molecule has 0 aliphatic rings. The molecule has 0 bridgehead atoms. The zero-order valence-corrected chi connectivity index (χ0v) is 12.8. The lowest BCUT2D eigenvalue weighted by molar-refractivity contribution is 0.300. The predicted octanol–water partition coefficient (Wildman–Crippen LogP) is 2.98. The molecule has 2 aromatic heterocycles. The Labute approximate surface area is 120 Å². The Morgan fingerprint density at radius 2 is 2.05 bits per heavy atom. The van der Waals surface area contributed by atoms with Gasteiger partial charge in [0.1, 0.15) is 5.69 Å². The fourth-order valence-electron chi connectivity index (χ4n) is 2.13. The van der Waals surface area contributed by atoms with E-state index in [4.69, 9.17) is 10.3 Å². The van der Waals surface area contributed by atoms with Gasteiger partial charge in [0.05, 0.1) is 5.92 Å². The summed E-state index contributed by atoms with van der Waals surface area (Å²) in [4.78, 5) is 8.68. The number of nitrogens with two attached hydrogens (primary N) is 1. The third-order valence-electron chi connectivity index (χ3n) is 2.98. The van der Waals surface area contributed by atoms with Crippen LogP contribution in [0.4, 0.5) is 0 Å². The summed E-state index contributed by atoms with van der Waals surface area (Å²) in [6.07, 6.45) is 1.70. The van der Waals surface area contributed by atoms with Gasteiger partial charge in [0.2, 0.25) is 11.7 Å². The first-order chi connectivity index (χ1) is 9.00. The van der Waals surface area contributed by atoms with E-state index in [1.165, 1.54) is 0 Å². The Morgan fingerprint density at radius 3 is 2.63 bits per heavy atom. The van der Waals surface area contributed by atoms with E-state index in [1.807, 2.05) is 19.1 Å². The number of rotatable bonds is 4. The van der Waals surface area contributed by atoms with E-state index in [2.05, 4.69) is 44.9 Å². The summed E-state index contributed by atoms with van der Waals surface area (Å²) in [5.41, 5.74) is 6.67. The molecule has 0 fully saturated rings. The van der Waals surface area contributed by atoms with Crippen molar-refractivity contribution in [1.29, 1.82) is 0 Å². The van der Waals surface area contributed by atoms with E-state index in [-0.39, 0.29) is 12.0 Å². The molecule has 0 aliphatic carbocycles. The quantitative estimate of drug-likeness (QED) is 0.935. The van der Waals surface area contributed by atoms with Crippen molar-refractivity contribution in [2.24, 2.45) is 11.7 Å². The molecule has 0 saturated carbocycles. The first kappa shape index (κ1) is 14.1. The van der Waals surface area contributed by atoms with Crippen LogP contribution in [0, 0.1) is 5.92 Å². The molecule has 2 unspecified atom stereocenters. The molecule has 0 aliphatic heterocycles. The Kier molecular flexibility index (Phi) is 4.31. The molecule has 2 rings (SSSR count). The van der Waals surface area contributed by atoms with Crippen LogP contribution in [0.15, 0.2) is 27.3 Å². The summed E-state index contributed by atoms with van der Waals surface area (Å²) < 4.78 is 6.19. The minimum atomic E-state index is -0.0412. The van der Waals surface area contributed by atoms with Crippen molar-refractivity contribution in [3.63, 3.8) is 0 Å². The first-order valence-electron chi connectivity index (χ1n) is 6.20. The lowest BCUT2D eigenvalue weighted by atomic mass is 9.90. The van der Waals surface area contributed by atoms with Crippen LogP contribution in [0.25, 0.3) is 11.5 Å². The van der Waals surface area contributed by atoms with E-state index < -0.39 is 0 Å². The summed E-state index contributed by atoms with van der Waals surface area (Å²) >= 11 is 3.43. The van der Waals surface area contributed by atoms with Crippen molar-refractivity contribution in [2.45, 2.75) is 32.7 Å². The lowest BCUT2D eigenvalue weighted by Crippen LogP contribution is -2.28. The second kappa shape index (κ2) is 5.79. The van der Waals surface area contributed by atoms with Gasteiger partial charge in [0.25, 0.3) is 0 Å². The molecule has 2 aromatic rings. The molecule has 6 heteroatoms. The van der Waals surface area contributed by atoms with Crippen LogP contribution in [0.2, 0.25) is 0 Å². The van der Waals surface area contributed by atoms with Gasteiger partial charge in [0.15, 0.2) is 0 Å². The molecule has 2 heterocycles. The molecule has 2 atom stereocenters. The smallest absolute Gasteiger partial charge is 0.231 e. The van der Waals surface area contributed by atoms with E-state index in [0.29, 0.717) is 23.3 Å². The number of hydrogen-bond acceptors (Lipinski definition) is 5. The fraction of sp³-hybridized carbons (Fsp3) is 0.462. The monoisotopic (exact) mass is 324 g/mol. The Morgan fingerprint density at radius 1 is 1.32 bits per heavy atom. The average Bonchev–Trinajstić information content (AvgIpc) is 2.77. The van der Waals surface area contributed by atoms with Gasteiger partial charge in [-0.1, -0.05) is 19.0 Å². The molecule has 0 spiro atoms. The van der Waals surface area contributed by atoms with Gasteiger partial charge in [-0.25, -0.2) is 0 Å². The number of halogens is 1. The van der Waals surface area contributed by atoms with Crippen molar-refractivity contribution in [3.8, 4) is 11.5 Å². The van der Waals surface area contributed by atoms with Gasteiger partial charge >= 0.3 is 0 Å². The maximum absolute atomic E-state index is 5.99. The number of hydrogen-bond donors (Lipinski definition) is 1. The Hall–Kier alpha value is -1.27. The second-order valence-electron chi connectivity index (χ2n) is 4.92. The highest BCUT2D eigenvalue weighted by atomic mass is 79.9. The van der Waals surface area contributed by atoms with Crippen molar-refractivity contribution in [2.75, 3.05) is 0 Å². The molecule has 0 amide bonds. The Balaban J connectivity index is 2.36. The van der Waals surface area contributed by atoms with E-state index in [9.17, 15) is 0 Å². The van der Waals surface area contributed by atoms with Crippen molar-refractivity contribution in [3.05, 3.63) is 28.7 Å².